The van der Waals surface area contributed by atoms with Crippen LogP contribution in [0, 0.1) is 0 Å². The molecule has 1 N–H and O–H groups in total. The molecule has 0 aliphatic carbocycles. The van der Waals surface area contributed by atoms with Crippen LogP contribution in [0.1, 0.15) is 6.92 Å². The number of hydrogen-bond donors (Lipinski definition) is 1. The monoisotopic (exact) mass is 308 g/mol. The molecule has 0 fully saturated rings. The van der Waals surface area contributed by atoms with Gasteiger partial charge in [0, 0.05) is 31.8 Å². The second-order valence-corrected chi connectivity index (χ2v) is 7.23. The summed E-state index contributed by atoms with van der Waals surface area (Å²) in [6, 6.07) is 7.71. The van der Waals surface area contributed by atoms with Gasteiger partial charge in [-0.1, -0.05) is 12.1 Å². The van der Waals surface area contributed by atoms with E-state index in [0.717, 1.165) is 23.3 Å². The summed E-state index contributed by atoms with van der Waals surface area (Å²) in [7, 11) is -1.16. The van der Waals surface area contributed by atoms with Crippen LogP contribution in [0.3, 0.4) is 0 Å². The first-order valence-electron chi connectivity index (χ1n) is 6.80. The standard InChI is InChI=1S/C14H20N4O2S/c1-4-15-14-16-12-8-6-5-7-11(12)13(17-14)18(2)9-10-21(3,19)20/h5-8H,4,9-10H2,1-3H3,(H,15,16,17). The van der Waals surface area contributed by atoms with Crippen molar-refractivity contribution in [1.82, 2.24) is 9.97 Å². The summed E-state index contributed by atoms with van der Waals surface area (Å²) in [6.07, 6.45) is 1.24. The van der Waals surface area contributed by atoms with E-state index in [2.05, 4.69) is 15.3 Å². The largest absolute Gasteiger partial charge is 0.358 e. The quantitative estimate of drug-likeness (QED) is 0.872. The minimum absolute atomic E-state index is 0.0956. The minimum Gasteiger partial charge on any atom is -0.358 e. The van der Waals surface area contributed by atoms with Gasteiger partial charge in [-0.15, -0.1) is 0 Å². The summed E-state index contributed by atoms with van der Waals surface area (Å²) in [5.74, 6) is 1.39. The van der Waals surface area contributed by atoms with E-state index < -0.39 is 9.84 Å². The zero-order valence-electron chi connectivity index (χ0n) is 12.5. The molecule has 1 heterocycles. The zero-order valence-corrected chi connectivity index (χ0v) is 13.3. The van der Waals surface area contributed by atoms with Crippen molar-refractivity contribution in [3.63, 3.8) is 0 Å². The molecule has 0 amide bonds. The highest BCUT2D eigenvalue weighted by molar-refractivity contribution is 7.90. The van der Waals surface area contributed by atoms with Crippen LogP contribution in [0.2, 0.25) is 0 Å². The number of rotatable bonds is 6. The fourth-order valence-electron chi connectivity index (χ4n) is 2.00. The first kappa shape index (κ1) is 15.5. The Morgan fingerprint density at radius 3 is 2.62 bits per heavy atom. The van der Waals surface area contributed by atoms with Crippen LogP contribution in [-0.2, 0) is 9.84 Å². The van der Waals surface area contributed by atoms with Crippen molar-refractivity contribution >= 4 is 32.5 Å². The third-order valence-electron chi connectivity index (χ3n) is 3.08. The topological polar surface area (TPSA) is 75.2 Å². The molecule has 1 aromatic heterocycles. The molecule has 0 aliphatic heterocycles. The van der Waals surface area contributed by atoms with Gasteiger partial charge < -0.3 is 10.2 Å². The summed E-state index contributed by atoms with van der Waals surface area (Å²) in [5, 5.41) is 4.01. The predicted octanol–water partition coefficient (Wildman–Crippen LogP) is 1.54. The number of aromatic nitrogens is 2. The van der Waals surface area contributed by atoms with Gasteiger partial charge in [-0.2, -0.15) is 4.98 Å². The van der Waals surface area contributed by atoms with Crippen LogP contribution in [0.25, 0.3) is 10.9 Å². The van der Waals surface area contributed by atoms with Crippen molar-refractivity contribution in [2.45, 2.75) is 6.92 Å². The third kappa shape index (κ3) is 4.04. The molecule has 0 radical (unpaired) electrons. The summed E-state index contributed by atoms with van der Waals surface area (Å²) in [5.41, 5.74) is 0.838. The first-order valence-corrected chi connectivity index (χ1v) is 8.86. The second kappa shape index (κ2) is 6.26. The maximum absolute atomic E-state index is 11.3. The van der Waals surface area contributed by atoms with Crippen LogP contribution in [0.5, 0.6) is 0 Å². The van der Waals surface area contributed by atoms with E-state index in [1.165, 1.54) is 6.26 Å². The van der Waals surface area contributed by atoms with Crippen LogP contribution in [0.15, 0.2) is 24.3 Å². The Bertz CT molecular complexity index is 731. The molecule has 2 aromatic rings. The Hall–Kier alpha value is -1.89. The molecule has 0 atom stereocenters. The normalized spacial score (nSPS) is 11.6. The van der Waals surface area contributed by atoms with Gasteiger partial charge in [-0.25, -0.2) is 13.4 Å². The highest BCUT2D eigenvalue weighted by atomic mass is 32.2. The lowest BCUT2D eigenvalue weighted by atomic mass is 10.2. The molecule has 21 heavy (non-hydrogen) atoms. The Morgan fingerprint density at radius 2 is 1.95 bits per heavy atom. The summed E-state index contributed by atoms with van der Waals surface area (Å²) < 4.78 is 22.7. The van der Waals surface area contributed by atoms with Crippen molar-refractivity contribution < 1.29 is 8.42 Å². The number of fused-ring (bicyclic) bond motifs is 1. The lowest BCUT2D eigenvalue weighted by Gasteiger charge is -2.20. The van der Waals surface area contributed by atoms with Crippen LogP contribution >= 0.6 is 0 Å². The molecule has 0 spiro atoms. The van der Waals surface area contributed by atoms with Gasteiger partial charge in [-0.05, 0) is 19.1 Å². The van der Waals surface area contributed by atoms with Crippen LogP contribution in [0.4, 0.5) is 11.8 Å². The van der Waals surface area contributed by atoms with Crippen molar-refractivity contribution in [2.24, 2.45) is 0 Å². The van der Waals surface area contributed by atoms with Gasteiger partial charge in [0.25, 0.3) is 0 Å². The summed E-state index contributed by atoms with van der Waals surface area (Å²) in [6.45, 7) is 3.10. The summed E-state index contributed by atoms with van der Waals surface area (Å²) in [4.78, 5) is 10.8. The molecule has 114 valence electrons. The van der Waals surface area contributed by atoms with Gasteiger partial charge >= 0.3 is 0 Å². The number of nitrogens with one attached hydrogen (secondary N) is 1. The Labute approximate surface area is 125 Å². The number of benzene rings is 1. The predicted molar refractivity (Wildman–Crippen MR) is 86.7 cm³/mol. The molecule has 1 aromatic carbocycles. The number of hydrogen-bond acceptors (Lipinski definition) is 6. The SMILES string of the molecule is CCNc1nc(N(C)CCS(C)(=O)=O)c2ccccc2n1. The lowest BCUT2D eigenvalue weighted by Crippen LogP contribution is -2.26. The van der Waals surface area contributed by atoms with Crippen molar-refractivity contribution in [1.29, 1.82) is 0 Å². The molecular formula is C14H20N4O2S. The van der Waals surface area contributed by atoms with E-state index in [1.807, 2.05) is 43.1 Å². The molecule has 7 heteroatoms. The molecule has 0 saturated carbocycles. The van der Waals surface area contributed by atoms with Crippen molar-refractivity contribution in [2.75, 3.05) is 42.4 Å². The van der Waals surface area contributed by atoms with Gasteiger partial charge in [0.2, 0.25) is 5.95 Å². The summed E-state index contributed by atoms with van der Waals surface area (Å²) >= 11 is 0. The van der Waals surface area contributed by atoms with E-state index in [9.17, 15) is 8.42 Å². The van der Waals surface area contributed by atoms with Crippen LogP contribution < -0.4 is 10.2 Å². The van der Waals surface area contributed by atoms with E-state index in [1.54, 1.807) is 0 Å². The molecule has 0 unspecified atom stereocenters. The third-order valence-corrected chi connectivity index (χ3v) is 4.00. The maximum Gasteiger partial charge on any atom is 0.225 e. The Balaban J connectivity index is 2.40. The van der Waals surface area contributed by atoms with Gasteiger partial charge in [0.1, 0.15) is 15.7 Å². The van der Waals surface area contributed by atoms with E-state index in [-0.39, 0.29) is 5.75 Å². The smallest absolute Gasteiger partial charge is 0.225 e. The zero-order chi connectivity index (χ0) is 15.5. The number of nitrogens with zero attached hydrogens (tertiary/aromatic N) is 3. The average molecular weight is 308 g/mol. The fourth-order valence-corrected chi connectivity index (χ4v) is 2.60. The first-order chi connectivity index (χ1) is 9.90. The molecule has 0 saturated heterocycles. The van der Waals surface area contributed by atoms with Crippen molar-refractivity contribution in [3.8, 4) is 0 Å². The Kier molecular flexibility index (Phi) is 4.62. The number of anilines is 2. The molecule has 6 nitrogen and oxygen atoms in total. The highest BCUT2D eigenvalue weighted by Crippen LogP contribution is 2.24. The Morgan fingerprint density at radius 1 is 1.24 bits per heavy atom. The van der Waals surface area contributed by atoms with E-state index in [0.29, 0.717) is 12.5 Å². The number of sulfone groups is 1. The lowest BCUT2D eigenvalue weighted by molar-refractivity contribution is 0.601. The van der Waals surface area contributed by atoms with Crippen LogP contribution in [-0.4, -0.2) is 50.5 Å². The average Bonchev–Trinajstić information content (AvgIpc) is 2.43. The van der Waals surface area contributed by atoms with Gasteiger partial charge in [-0.3, -0.25) is 0 Å². The second-order valence-electron chi connectivity index (χ2n) is 4.97. The number of para-hydroxylation sites is 1. The van der Waals surface area contributed by atoms with Gasteiger partial charge in [0.15, 0.2) is 0 Å². The molecule has 0 aliphatic rings. The van der Waals surface area contributed by atoms with Gasteiger partial charge in [0.05, 0.1) is 11.3 Å². The minimum atomic E-state index is -3.00. The van der Waals surface area contributed by atoms with E-state index in [4.69, 9.17) is 0 Å². The fraction of sp³-hybridized carbons (Fsp3) is 0.429. The van der Waals surface area contributed by atoms with E-state index >= 15 is 0 Å². The molecular weight excluding hydrogens is 288 g/mol. The maximum atomic E-state index is 11.3. The molecule has 2 rings (SSSR count). The highest BCUT2D eigenvalue weighted by Gasteiger charge is 2.13. The van der Waals surface area contributed by atoms with Crippen molar-refractivity contribution in [3.05, 3.63) is 24.3 Å². The molecule has 0 bridgehead atoms.